The Labute approximate surface area is 114 Å². The largest absolute Gasteiger partial charge is 0.368 e. The SMILES string of the molecule is Cc1cccc(N2C(C(N)=O)CC3NCCCC32)c1. The number of nitrogens with two attached hydrogens (primary N) is 1. The maximum atomic E-state index is 11.8. The van der Waals surface area contributed by atoms with Gasteiger partial charge >= 0.3 is 0 Å². The molecular formula is C15H21N3O. The summed E-state index contributed by atoms with van der Waals surface area (Å²) in [5.74, 6) is -0.210. The van der Waals surface area contributed by atoms with Crippen LogP contribution in [0.1, 0.15) is 24.8 Å². The summed E-state index contributed by atoms with van der Waals surface area (Å²) < 4.78 is 0. The molecule has 0 radical (unpaired) electrons. The molecule has 4 nitrogen and oxygen atoms in total. The zero-order valence-electron chi connectivity index (χ0n) is 11.3. The van der Waals surface area contributed by atoms with Gasteiger partial charge in [-0.3, -0.25) is 4.79 Å². The average molecular weight is 259 g/mol. The van der Waals surface area contributed by atoms with E-state index in [2.05, 4.69) is 35.3 Å². The standard InChI is InChI=1S/C15H21N3O/c1-10-4-2-5-11(8-10)18-13-6-3-7-17-12(13)9-14(18)15(16)19/h2,4-5,8,12-14,17H,3,6-7,9H2,1H3,(H2,16,19). The molecule has 2 aliphatic heterocycles. The molecule has 2 saturated heterocycles. The number of nitrogens with zero attached hydrogens (tertiary/aromatic N) is 1. The molecule has 1 aromatic rings. The number of fused-ring (bicyclic) bond motifs is 1. The van der Waals surface area contributed by atoms with Gasteiger partial charge in [-0.15, -0.1) is 0 Å². The first kappa shape index (κ1) is 12.5. The van der Waals surface area contributed by atoms with Gasteiger partial charge in [0, 0.05) is 17.8 Å². The molecule has 0 aromatic heterocycles. The van der Waals surface area contributed by atoms with Crippen LogP contribution in [0.5, 0.6) is 0 Å². The number of amides is 1. The third-order valence-electron chi connectivity index (χ3n) is 4.35. The summed E-state index contributed by atoms with van der Waals surface area (Å²) in [6, 6.07) is 8.97. The second-order valence-corrected chi connectivity index (χ2v) is 5.67. The molecule has 4 heteroatoms. The minimum atomic E-state index is -0.210. The molecule has 2 heterocycles. The van der Waals surface area contributed by atoms with Gasteiger partial charge in [-0.25, -0.2) is 0 Å². The molecule has 19 heavy (non-hydrogen) atoms. The van der Waals surface area contributed by atoms with E-state index in [9.17, 15) is 4.79 Å². The molecular weight excluding hydrogens is 238 g/mol. The molecule has 1 amide bonds. The number of anilines is 1. The Balaban J connectivity index is 1.96. The molecule has 1 aromatic carbocycles. The van der Waals surface area contributed by atoms with Gasteiger partial charge in [-0.2, -0.15) is 0 Å². The number of piperidine rings is 1. The Morgan fingerprint density at radius 1 is 1.47 bits per heavy atom. The van der Waals surface area contributed by atoms with Crippen molar-refractivity contribution in [2.45, 2.75) is 44.3 Å². The van der Waals surface area contributed by atoms with Crippen molar-refractivity contribution in [1.82, 2.24) is 5.32 Å². The van der Waals surface area contributed by atoms with Crippen LogP contribution in [-0.2, 0) is 4.79 Å². The Morgan fingerprint density at radius 3 is 3.05 bits per heavy atom. The minimum absolute atomic E-state index is 0.178. The number of hydrogen-bond acceptors (Lipinski definition) is 3. The number of hydrogen-bond donors (Lipinski definition) is 2. The third-order valence-corrected chi connectivity index (χ3v) is 4.35. The number of primary amides is 1. The molecule has 2 aliphatic rings. The van der Waals surface area contributed by atoms with E-state index in [0.717, 1.165) is 31.5 Å². The summed E-state index contributed by atoms with van der Waals surface area (Å²) in [6.45, 7) is 3.13. The molecule has 0 spiro atoms. The average Bonchev–Trinajstić information content (AvgIpc) is 2.78. The second-order valence-electron chi connectivity index (χ2n) is 5.67. The van der Waals surface area contributed by atoms with Gasteiger partial charge in [0.15, 0.2) is 0 Å². The summed E-state index contributed by atoms with van der Waals surface area (Å²) in [4.78, 5) is 14.0. The predicted octanol–water partition coefficient (Wildman–Crippen LogP) is 1.18. The van der Waals surface area contributed by atoms with Gasteiger partial charge in [0.05, 0.1) is 0 Å². The fourth-order valence-corrected chi connectivity index (χ4v) is 3.51. The van der Waals surface area contributed by atoms with E-state index in [-0.39, 0.29) is 11.9 Å². The normalized spacial score (nSPS) is 30.2. The minimum Gasteiger partial charge on any atom is -0.368 e. The highest BCUT2D eigenvalue weighted by molar-refractivity contribution is 5.85. The maximum Gasteiger partial charge on any atom is 0.240 e. The fraction of sp³-hybridized carbons (Fsp3) is 0.533. The highest BCUT2D eigenvalue weighted by Gasteiger charge is 2.44. The van der Waals surface area contributed by atoms with Gasteiger partial charge in [0.1, 0.15) is 6.04 Å². The summed E-state index contributed by atoms with van der Waals surface area (Å²) in [7, 11) is 0. The molecule has 0 aliphatic carbocycles. The van der Waals surface area contributed by atoms with Gasteiger partial charge in [0.2, 0.25) is 5.91 Å². The van der Waals surface area contributed by atoms with Crippen LogP contribution in [0.25, 0.3) is 0 Å². The molecule has 3 N–H and O–H groups in total. The van der Waals surface area contributed by atoms with Crippen LogP contribution in [0.4, 0.5) is 5.69 Å². The summed E-state index contributed by atoms with van der Waals surface area (Å²) >= 11 is 0. The van der Waals surface area contributed by atoms with Crippen molar-refractivity contribution < 1.29 is 4.79 Å². The molecule has 0 bridgehead atoms. The van der Waals surface area contributed by atoms with E-state index in [1.807, 2.05) is 6.07 Å². The van der Waals surface area contributed by atoms with Crippen molar-refractivity contribution >= 4 is 11.6 Å². The summed E-state index contributed by atoms with van der Waals surface area (Å²) in [5, 5.41) is 3.53. The van der Waals surface area contributed by atoms with Gasteiger partial charge < -0.3 is 16.0 Å². The maximum absolute atomic E-state index is 11.8. The van der Waals surface area contributed by atoms with Crippen molar-refractivity contribution in [2.24, 2.45) is 5.73 Å². The monoisotopic (exact) mass is 259 g/mol. The zero-order chi connectivity index (χ0) is 13.4. The van der Waals surface area contributed by atoms with Crippen molar-refractivity contribution in [1.29, 1.82) is 0 Å². The Kier molecular flexibility index (Phi) is 3.19. The van der Waals surface area contributed by atoms with E-state index >= 15 is 0 Å². The van der Waals surface area contributed by atoms with E-state index in [0.29, 0.717) is 12.1 Å². The van der Waals surface area contributed by atoms with Crippen LogP contribution in [-0.4, -0.2) is 30.6 Å². The number of rotatable bonds is 2. The lowest BCUT2D eigenvalue weighted by molar-refractivity contribution is -0.119. The highest BCUT2D eigenvalue weighted by atomic mass is 16.1. The second kappa shape index (κ2) is 4.85. The third kappa shape index (κ3) is 2.21. The van der Waals surface area contributed by atoms with Crippen LogP contribution in [0.15, 0.2) is 24.3 Å². The van der Waals surface area contributed by atoms with E-state index in [1.54, 1.807) is 0 Å². The Hall–Kier alpha value is -1.55. The number of nitrogens with one attached hydrogen (secondary N) is 1. The molecule has 3 rings (SSSR count). The first-order valence-corrected chi connectivity index (χ1v) is 7.04. The van der Waals surface area contributed by atoms with E-state index in [1.165, 1.54) is 5.56 Å². The van der Waals surface area contributed by atoms with Crippen LogP contribution in [0.2, 0.25) is 0 Å². The van der Waals surface area contributed by atoms with Crippen LogP contribution < -0.4 is 16.0 Å². The van der Waals surface area contributed by atoms with Crippen molar-refractivity contribution in [3.63, 3.8) is 0 Å². The Morgan fingerprint density at radius 2 is 2.32 bits per heavy atom. The van der Waals surface area contributed by atoms with Crippen LogP contribution in [0.3, 0.4) is 0 Å². The highest BCUT2D eigenvalue weighted by Crippen LogP contribution is 2.34. The molecule has 3 atom stereocenters. The topological polar surface area (TPSA) is 58.4 Å². The first-order valence-electron chi connectivity index (χ1n) is 7.04. The molecule has 3 unspecified atom stereocenters. The van der Waals surface area contributed by atoms with Gasteiger partial charge in [-0.1, -0.05) is 12.1 Å². The number of carbonyl (C=O) groups excluding carboxylic acids is 1. The Bertz CT molecular complexity index is 488. The zero-order valence-corrected chi connectivity index (χ0v) is 11.3. The van der Waals surface area contributed by atoms with E-state index in [4.69, 9.17) is 5.73 Å². The summed E-state index contributed by atoms with van der Waals surface area (Å²) in [6.07, 6.45) is 3.12. The lowest BCUT2D eigenvalue weighted by atomic mass is 9.99. The van der Waals surface area contributed by atoms with Gasteiger partial charge in [0.25, 0.3) is 0 Å². The fourth-order valence-electron chi connectivity index (χ4n) is 3.51. The number of carbonyl (C=O) groups is 1. The lowest BCUT2D eigenvalue weighted by Crippen LogP contribution is -2.49. The van der Waals surface area contributed by atoms with Crippen molar-refractivity contribution in [3.8, 4) is 0 Å². The van der Waals surface area contributed by atoms with E-state index < -0.39 is 0 Å². The number of aryl methyl sites for hydroxylation is 1. The quantitative estimate of drug-likeness (QED) is 0.838. The molecule has 102 valence electrons. The molecule has 2 fully saturated rings. The van der Waals surface area contributed by atoms with Crippen molar-refractivity contribution in [2.75, 3.05) is 11.4 Å². The lowest BCUT2D eigenvalue weighted by Gasteiger charge is -2.35. The van der Waals surface area contributed by atoms with Crippen LogP contribution >= 0.6 is 0 Å². The smallest absolute Gasteiger partial charge is 0.240 e. The number of benzene rings is 1. The predicted molar refractivity (Wildman–Crippen MR) is 76.1 cm³/mol. The van der Waals surface area contributed by atoms with Gasteiger partial charge in [-0.05, 0) is 50.4 Å². The molecule has 0 saturated carbocycles. The van der Waals surface area contributed by atoms with Crippen molar-refractivity contribution in [3.05, 3.63) is 29.8 Å². The van der Waals surface area contributed by atoms with Crippen LogP contribution in [0, 0.1) is 6.92 Å². The summed E-state index contributed by atoms with van der Waals surface area (Å²) in [5.41, 5.74) is 7.95. The first-order chi connectivity index (χ1) is 9.16.